The Morgan fingerprint density at radius 2 is 1.83 bits per heavy atom. The number of anilines is 1. The van der Waals surface area contributed by atoms with E-state index in [9.17, 15) is 0 Å². The maximum Gasteiger partial charge on any atom is 0.135 e. The highest BCUT2D eigenvalue weighted by atomic mass is 127. The zero-order chi connectivity index (χ0) is 16.6. The third-order valence-electron chi connectivity index (χ3n) is 3.49. The van der Waals surface area contributed by atoms with E-state index in [1.807, 2.05) is 36.4 Å². The van der Waals surface area contributed by atoms with Gasteiger partial charge in [0.2, 0.25) is 0 Å². The predicted octanol–water partition coefficient (Wildman–Crippen LogP) is 3.32. The fourth-order valence-corrected chi connectivity index (χ4v) is 3.13. The number of rotatable bonds is 9. The molecule has 0 spiro atoms. The van der Waals surface area contributed by atoms with Crippen molar-refractivity contribution in [2.45, 2.75) is 10.7 Å². The lowest BCUT2D eigenvalue weighted by atomic mass is 10.2. The van der Waals surface area contributed by atoms with Crippen LogP contribution in [-0.2, 0) is 20.9 Å². The van der Waals surface area contributed by atoms with Crippen LogP contribution in [-0.4, -0.2) is 36.6 Å². The van der Waals surface area contributed by atoms with Gasteiger partial charge in [0.05, 0.1) is 44.9 Å². The SMILES string of the molecule is IC1c2ccncc2NN1OCCOCCOCc1ccccc1. The molecule has 0 radical (unpaired) electrons. The quantitative estimate of drug-likeness (QED) is 0.279. The highest BCUT2D eigenvalue weighted by Crippen LogP contribution is 2.38. The third-order valence-corrected chi connectivity index (χ3v) is 4.67. The lowest BCUT2D eigenvalue weighted by Crippen LogP contribution is -2.27. The summed E-state index contributed by atoms with van der Waals surface area (Å²) in [5.74, 6) is 0. The van der Waals surface area contributed by atoms with E-state index >= 15 is 0 Å². The topological polar surface area (TPSA) is 55.9 Å². The lowest BCUT2D eigenvalue weighted by molar-refractivity contribution is -0.153. The van der Waals surface area contributed by atoms with Crippen molar-refractivity contribution < 1.29 is 14.3 Å². The molecule has 0 saturated carbocycles. The van der Waals surface area contributed by atoms with Gasteiger partial charge in [-0.25, -0.2) is 0 Å². The first kappa shape index (κ1) is 17.6. The molecule has 1 aromatic heterocycles. The first-order valence-corrected chi connectivity index (χ1v) is 9.05. The van der Waals surface area contributed by atoms with Crippen LogP contribution in [0.2, 0.25) is 0 Å². The van der Waals surface area contributed by atoms with Gasteiger partial charge in [-0.3, -0.25) is 15.2 Å². The first-order valence-electron chi connectivity index (χ1n) is 7.81. The van der Waals surface area contributed by atoms with Crippen LogP contribution in [0.5, 0.6) is 0 Å². The van der Waals surface area contributed by atoms with Gasteiger partial charge in [0.25, 0.3) is 0 Å². The molecule has 0 amide bonds. The number of hydrogen-bond acceptors (Lipinski definition) is 6. The number of hydrazine groups is 1. The Hall–Kier alpha value is -1.26. The summed E-state index contributed by atoms with van der Waals surface area (Å²) >= 11 is 2.32. The van der Waals surface area contributed by atoms with Crippen LogP contribution < -0.4 is 5.43 Å². The van der Waals surface area contributed by atoms with E-state index in [0.29, 0.717) is 33.0 Å². The molecule has 2 aromatic rings. The van der Waals surface area contributed by atoms with Crippen LogP contribution in [0.15, 0.2) is 48.8 Å². The van der Waals surface area contributed by atoms with E-state index in [-0.39, 0.29) is 4.05 Å². The molecule has 2 heterocycles. The number of hydrogen-bond donors (Lipinski definition) is 1. The van der Waals surface area contributed by atoms with Crippen molar-refractivity contribution in [2.75, 3.05) is 31.9 Å². The summed E-state index contributed by atoms with van der Waals surface area (Å²) < 4.78 is 11.2. The Balaban J connectivity index is 1.24. The first-order chi connectivity index (χ1) is 11.8. The summed E-state index contributed by atoms with van der Waals surface area (Å²) in [4.78, 5) is 9.79. The molecule has 1 unspecified atom stereocenters. The number of alkyl halides is 1. The summed E-state index contributed by atoms with van der Waals surface area (Å²) in [6, 6.07) is 12.1. The monoisotopic (exact) mass is 441 g/mol. The fraction of sp³-hybridized carbons (Fsp3) is 0.353. The Kier molecular flexibility index (Phi) is 6.79. The van der Waals surface area contributed by atoms with Crippen LogP contribution >= 0.6 is 22.6 Å². The molecular weight excluding hydrogens is 421 g/mol. The van der Waals surface area contributed by atoms with Gasteiger partial charge in [-0.05, 0) is 11.6 Å². The number of nitrogens with one attached hydrogen (secondary N) is 1. The summed E-state index contributed by atoms with van der Waals surface area (Å²) in [6.07, 6.45) is 3.58. The van der Waals surface area contributed by atoms with Crippen molar-refractivity contribution in [3.8, 4) is 0 Å². The number of halogens is 1. The Bertz CT molecular complexity index is 629. The second-order valence-electron chi connectivity index (χ2n) is 5.22. The second-order valence-corrected chi connectivity index (χ2v) is 6.40. The number of aromatic nitrogens is 1. The van der Waals surface area contributed by atoms with E-state index in [2.05, 4.69) is 33.0 Å². The van der Waals surface area contributed by atoms with Crippen LogP contribution in [0.25, 0.3) is 0 Å². The molecule has 0 aliphatic carbocycles. The lowest BCUT2D eigenvalue weighted by Gasteiger charge is -2.19. The van der Waals surface area contributed by atoms with Gasteiger partial charge in [-0.2, -0.15) is 0 Å². The van der Waals surface area contributed by atoms with Crippen molar-refractivity contribution >= 4 is 28.3 Å². The largest absolute Gasteiger partial charge is 0.377 e. The molecule has 0 bridgehead atoms. The number of fused-ring (bicyclic) bond motifs is 1. The molecule has 1 aromatic carbocycles. The Labute approximate surface area is 155 Å². The number of ether oxygens (including phenoxy) is 2. The van der Waals surface area contributed by atoms with Crippen molar-refractivity contribution in [1.29, 1.82) is 0 Å². The van der Waals surface area contributed by atoms with Gasteiger partial charge in [0.1, 0.15) is 4.05 Å². The summed E-state index contributed by atoms with van der Waals surface area (Å²) in [7, 11) is 0. The van der Waals surface area contributed by atoms with E-state index < -0.39 is 0 Å². The molecule has 128 valence electrons. The van der Waals surface area contributed by atoms with Crippen molar-refractivity contribution in [1.82, 2.24) is 10.2 Å². The van der Waals surface area contributed by atoms with Crippen LogP contribution in [0.1, 0.15) is 15.2 Å². The number of pyridine rings is 1. The van der Waals surface area contributed by atoms with Gasteiger partial charge in [-0.15, -0.1) is 0 Å². The second kappa shape index (κ2) is 9.28. The van der Waals surface area contributed by atoms with E-state index in [1.54, 1.807) is 17.6 Å². The van der Waals surface area contributed by atoms with Gasteiger partial charge in [0, 0.05) is 11.8 Å². The van der Waals surface area contributed by atoms with E-state index in [0.717, 1.165) is 5.69 Å². The highest BCUT2D eigenvalue weighted by molar-refractivity contribution is 14.1. The predicted molar refractivity (Wildman–Crippen MR) is 99.3 cm³/mol. The minimum Gasteiger partial charge on any atom is -0.377 e. The number of nitrogens with zero attached hydrogens (tertiary/aromatic N) is 2. The van der Waals surface area contributed by atoms with Gasteiger partial charge >= 0.3 is 0 Å². The van der Waals surface area contributed by atoms with Gasteiger partial charge in [0.15, 0.2) is 0 Å². The molecule has 1 atom stereocenters. The molecule has 0 saturated heterocycles. The average Bonchev–Trinajstić information content (AvgIpc) is 2.94. The van der Waals surface area contributed by atoms with E-state index in [4.69, 9.17) is 14.3 Å². The van der Waals surface area contributed by atoms with Crippen LogP contribution in [0.3, 0.4) is 0 Å². The molecule has 6 nitrogen and oxygen atoms in total. The van der Waals surface area contributed by atoms with Crippen molar-refractivity contribution in [2.24, 2.45) is 0 Å². The van der Waals surface area contributed by atoms with Gasteiger partial charge in [-0.1, -0.05) is 58.1 Å². The molecule has 7 heteroatoms. The summed E-state index contributed by atoms with van der Waals surface area (Å²) in [6.45, 7) is 2.74. The molecule has 1 aliphatic rings. The van der Waals surface area contributed by atoms with E-state index in [1.165, 1.54) is 11.1 Å². The molecular formula is C17H20IN3O3. The highest BCUT2D eigenvalue weighted by Gasteiger charge is 2.28. The maximum atomic E-state index is 5.69. The standard InChI is InChI=1S/C17H20IN3O3/c18-17-15-6-7-19-12-16(15)20-21(17)24-11-10-22-8-9-23-13-14-4-2-1-3-5-14/h1-7,12,17,20H,8-11,13H2. The normalized spacial score (nSPS) is 16.8. The maximum absolute atomic E-state index is 5.69. The van der Waals surface area contributed by atoms with Gasteiger partial charge < -0.3 is 9.47 Å². The summed E-state index contributed by atoms with van der Waals surface area (Å²) in [5.41, 5.74) is 6.49. The van der Waals surface area contributed by atoms with Crippen LogP contribution in [0.4, 0.5) is 5.69 Å². The minimum atomic E-state index is 0.120. The molecule has 0 fully saturated rings. The smallest absolute Gasteiger partial charge is 0.135 e. The van der Waals surface area contributed by atoms with Crippen molar-refractivity contribution in [3.05, 3.63) is 59.9 Å². The minimum absolute atomic E-state index is 0.120. The zero-order valence-electron chi connectivity index (χ0n) is 13.2. The molecule has 1 N–H and O–H groups in total. The Morgan fingerprint density at radius 1 is 1.04 bits per heavy atom. The molecule has 1 aliphatic heterocycles. The third kappa shape index (κ3) is 4.87. The number of hydroxylamine groups is 1. The Morgan fingerprint density at radius 3 is 2.67 bits per heavy atom. The zero-order valence-corrected chi connectivity index (χ0v) is 15.4. The van der Waals surface area contributed by atoms with Crippen LogP contribution in [0, 0.1) is 0 Å². The fourth-order valence-electron chi connectivity index (χ4n) is 2.28. The number of benzene rings is 1. The van der Waals surface area contributed by atoms with Crippen molar-refractivity contribution in [3.63, 3.8) is 0 Å². The molecule has 3 rings (SSSR count). The average molecular weight is 441 g/mol. The molecule has 24 heavy (non-hydrogen) atoms. The summed E-state index contributed by atoms with van der Waals surface area (Å²) in [5, 5.41) is 1.72.